The van der Waals surface area contributed by atoms with E-state index in [1.165, 1.54) is 14.2 Å². The molecule has 0 aliphatic carbocycles. The molecule has 3 unspecified atom stereocenters. The molecule has 0 bridgehead atoms. The van der Waals surface area contributed by atoms with Crippen LogP contribution in [0.25, 0.3) is 0 Å². The van der Waals surface area contributed by atoms with Crippen LogP contribution in [0.4, 0.5) is 9.59 Å². The minimum absolute atomic E-state index is 0.0558. The summed E-state index contributed by atoms with van der Waals surface area (Å²) in [4.78, 5) is 54.3. The number of aliphatic hydroxyl groups is 1. The fourth-order valence-corrected chi connectivity index (χ4v) is 4.55. The molecule has 3 atom stereocenters. The third kappa shape index (κ3) is 11.4. The largest absolute Gasteiger partial charge is 0.463 e. The van der Waals surface area contributed by atoms with Crippen LogP contribution in [0.15, 0.2) is 30.3 Å². The van der Waals surface area contributed by atoms with Gasteiger partial charge in [0.1, 0.15) is 26.7 Å². The molecule has 13 heteroatoms. The van der Waals surface area contributed by atoms with E-state index in [1.54, 1.807) is 26.5 Å². The van der Waals surface area contributed by atoms with E-state index in [2.05, 4.69) is 0 Å². The van der Waals surface area contributed by atoms with Gasteiger partial charge in [-0.25, -0.2) is 9.59 Å². The van der Waals surface area contributed by atoms with Gasteiger partial charge in [-0.3, -0.25) is 19.4 Å². The molecule has 47 heavy (non-hydrogen) atoms. The van der Waals surface area contributed by atoms with Crippen LogP contribution in [0.5, 0.6) is 0 Å². The van der Waals surface area contributed by atoms with Crippen molar-refractivity contribution in [3.8, 4) is 0 Å². The van der Waals surface area contributed by atoms with Gasteiger partial charge in [-0.2, -0.15) is 0 Å². The Morgan fingerprint density at radius 3 is 1.51 bits per heavy atom. The smallest absolute Gasteiger partial charge is 0.327 e. The number of carbonyl (C=O) groups excluding carboxylic acids is 4. The summed E-state index contributed by atoms with van der Waals surface area (Å²) in [6.45, 7) is 18.6. The Hall–Kier alpha value is -3.42. The predicted molar refractivity (Wildman–Crippen MR) is 178 cm³/mol. The molecule has 13 nitrogen and oxygen atoms in total. The van der Waals surface area contributed by atoms with Crippen LogP contribution in [-0.2, 0) is 35.1 Å². The lowest BCUT2D eigenvalue weighted by atomic mass is 9.91. The number of fused-ring (bicyclic) bond motifs is 1. The van der Waals surface area contributed by atoms with Gasteiger partial charge in [0, 0.05) is 27.3 Å². The number of ether oxygens (including phenoxy) is 4. The molecule has 0 saturated carbocycles. The maximum atomic E-state index is 12.5. The predicted octanol–water partition coefficient (Wildman–Crippen LogP) is 4.87. The number of hydrogen-bond donors (Lipinski definition) is 1. The average molecular weight is 667 g/mol. The zero-order valence-corrected chi connectivity index (χ0v) is 30.3. The summed E-state index contributed by atoms with van der Waals surface area (Å²) >= 11 is 0. The van der Waals surface area contributed by atoms with Crippen molar-refractivity contribution < 1.29 is 43.2 Å². The monoisotopic (exact) mass is 666 g/mol. The Labute approximate surface area is 281 Å². The van der Waals surface area contributed by atoms with Crippen molar-refractivity contribution in [3.05, 3.63) is 35.9 Å². The van der Waals surface area contributed by atoms with E-state index >= 15 is 0 Å². The number of urea groups is 2. The lowest BCUT2D eigenvalue weighted by Gasteiger charge is -2.28. The minimum Gasteiger partial charge on any atom is -0.463 e. The highest BCUT2D eigenvalue weighted by molar-refractivity contribution is 5.85. The Balaban J connectivity index is 0.000000367. The summed E-state index contributed by atoms with van der Waals surface area (Å²) in [6, 6.07) is 9.50. The van der Waals surface area contributed by atoms with Gasteiger partial charge in [0.25, 0.3) is 0 Å². The van der Waals surface area contributed by atoms with Gasteiger partial charge in [-0.05, 0) is 66.9 Å². The van der Waals surface area contributed by atoms with Crippen molar-refractivity contribution in [2.24, 2.45) is 10.8 Å². The van der Waals surface area contributed by atoms with Gasteiger partial charge in [-0.1, -0.05) is 44.2 Å². The van der Waals surface area contributed by atoms with Gasteiger partial charge < -0.3 is 33.9 Å². The molecular formula is C34H58N4O9. The molecular weight excluding hydrogens is 608 g/mol. The summed E-state index contributed by atoms with van der Waals surface area (Å²) in [5.41, 5.74) is 0.210. The van der Waals surface area contributed by atoms with E-state index in [9.17, 15) is 19.2 Å². The van der Waals surface area contributed by atoms with Crippen LogP contribution in [0.2, 0.25) is 0 Å². The summed E-state index contributed by atoms with van der Waals surface area (Å²) in [5, 5.41) is 8.86. The van der Waals surface area contributed by atoms with Crippen LogP contribution in [0, 0.1) is 10.8 Å². The van der Waals surface area contributed by atoms with Crippen molar-refractivity contribution >= 4 is 24.0 Å². The molecule has 2 aliphatic rings. The van der Waals surface area contributed by atoms with Crippen molar-refractivity contribution in [2.45, 2.75) is 100 Å². The summed E-state index contributed by atoms with van der Waals surface area (Å²) in [7, 11) is 3.07. The number of methoxy groups -OCH3 is 2. The number of esters is 2. The quantitative estimate of drug-likeness (QED) is 0.276. The maximum absolute atomic E-state index is 12.5. The first-order chi connectivity index (χ1) is 22.1. The second kappa shape index (κ2) is 19.4. The van der Waals surface area contributed by atoms with Gasteiger partial charge in [0.2, 0.25) is 0 Å². The molecule has 3 rings (SSSR count). The van der Waals surface area contributed by atoms with Crippen molar-refractivity contribution in [1.82, 2.24) is 19.6 Å². The molecule has 0 aromatic heterocycles. The Morgan fingerprint density at radius 2 is 1.15 bits per heavy atom. The number of benzene rings is 1. The molecule has 2 heterocycles. The van der Waals surface area contributed by atoms with Gasteiger partial charge >= 0.3 is 24.0 Å². The van der Waals surface area contributed by atoms with E-state index in [-0.39, 0.29) is 61.8 Å². The fraction of sp³-hybridized carbons (Fsp3) is 0.706. The van der Waals surface area contributed by atoms with Crippen molar-refractivity contribution in [3.63, 3.8) is 0 Å². The van der Waals surface area contributed by atoms with Crippen LogP contribution >= 0.6 is 0 Å². The SMILES string of the molecule is CCC(C)(C)C(=O)OCC(C)O.CCC(C)(C)C(=O)OCc1ccccc1.CCN1C(=O)N(CC)C2C1N(COC)C(=O)N2COC. The zero-order valence-electron chi connectivity index (χ0n) is 30.3. The van der Waals surface area contributed by atoms with E-state index < -0.39 is 11.5 Å². The van der Waals surface area contributed by atoms with Crippen LogP contribution in [0.3, 0.4) is 0 Å². The topological polar surface area (TPSA) is 138 Å². The molecule has 2 saturated heterocycles. The first kappa shape index (κ1) is 41.6. The van der Waals surface area contributed by atoms with Crippen molar-refractivity contribution in [2.75, 3.05) is 47.4 Å². The number of likely N-dealkylation sites (N-methyl/N-ethyl adjacent to an activating group) is 2. The van der Waals surface area contributed by atoms with Crippen molar-refractivity contribution in [1.29, 1.82) is 0 Å². The number of rotatable bonds is 14. The first-order valence-electron chi connectivity index (χ1n) is 16.3. The molecule has 268 valence electrons. The van der Waals surface area contributed by atoms with Gasteiger partial charge in [-0.15, -0.1) is 0 Å². The zero-order chi connectivity index (χ0) is 35.9. The van der Waals surface area contributed by atoms with Gasteiger partial charge in [0.05, 0.1) is 16.9 Å². The molecule has 2 fully saturated rings. The summed E-state index contributed by atoms with van der Waals surface area (Å²) < 4.78 is 20.3. The fourth-order valence-electron chi connectivity index (χ4n) is 4.55. The number of aliphatic hydroxyl groups excluding tert-OH is 1. The third-order valence-electron chi connectivity index (χ3n) is 8.29. The van der Waals surface area contributed by atoms with Gasteiger partial charge in [0.15, 0.2) is 12.3 Å². The summed E-state index contributed by atoms with van der Waals surface area (Å²) in [6.07, 6.45) is 0.304. The lowest BCUT2D eigenvalue weighted by molar-refractivity contribution is -0.157. The second-order valence-electron chi connectivity index (χ2n) is 12.7. The molecule has 1 N–H and O–H groups in total. The van der Waals surface area contributed by atoms with E-state index in [0.717, 1.165) is 18.4 Å². The van der Waals surface area contributed by atoms with Crippen LogP contribution in [-0.4, -0.2) is 115 Å². The molecule has 2 aliphatic heterocycles. The highest BCUT2D eigenvalue weighted by Gasteiger charge is 2.58. The maximum Gasteiger partial charge on any atom is 0.327 e. The number of amides is 4. The Kier molecular flexibility index (Phi) is 17.2. The summed E-state index contributed by atoms with van der Waals surface area (Å²) in [5.74, 6) is -0.375. The average Bonchev–Trinajstić information content (AvgIpc) is 3.48. The molecule has 4 amide bonds. The molecule has 0 radical (unpaired) electrons. The second-order valence-corrected chi connectivity index (χ2v) is 12.7. The standard InChI is InChI=1S/C13H18O2.C12H22N4O4.C9H18O3/c1-4-13(2,3)12(14)15-10-11-8-6-5-7-9-11;1-5-13-9-10(14(6-2)11(13)17)16(8-20-4)12(18)15(9)7-19-3;1-5-9(3,4)8(11)12-6-7(2)10/h5-9H,4,10H2,1-3H3;9-10H,5-8H2,1-4H3;7,10H,5-6H2,1-4H3. The third-order valence-corrected chi connectivity index (χ3v) is 8.29. The number of nitrogens with zero attached hydrogens (tertiary/aromatic N) is 4. The molecule has 1 aromatic carbocycles. The van der Waals surface area contributed by atoms with E-state index in [0.29, 0.717) is 19.7 Å². The Morgan fingerprint density at radius 1 is 0.745 bits per heavy atom. The lowest BCUT2D eigenvalue weighted by Crippen LogP contribution is -2.47. The first-order valence-corrected chi connectivity index (χ1v) is 16.3. The molecule has 0 spiro atoms. The highest BCUT2D eigenvalue weighted by Crippen LogP contribution is 2.34. The van der Waals surface area contributed by atoms with E-state index in [1.807, 2.05) is 85.7 Å². The Bertz CT molecular complexity index is 1100. The highest BCUT2D eigenvalue weighted by atomic mass is 16.5. The number of carbonyl (C=O) groups is 4. The normalized spacial score (nSPS) is 18.2. The van der Waals surface area contributed by atoms with E-state index in [4.69, 9.17) is 24.1 Å². The van der Waals surface area contributed by atoms with Crippen LogP contribution < -0.4 is 0 Å². The minimum atomic E-state index is -0.582. The molecule has 1 aromatic rings. The van der Waals surface area contributed by atoms with Crippen LogP contribution in [0.1, 0.15) is 80.7 Å². The number of hydrogen-bond acceptors (Lipinski definition) is 9.